The molecule has 0 saturated carbocycles. The Bertz CT molecular complexity index is 976. The van der Waals surface area contributed by atoms with E-state index in [2.05, 4.69) is 26.2 Å². The number of amides is 1. The first kappa shape index (κ1) is 16.4. The number of aromatic nitrogens is 1. The molecule has 2 heterocycles. The summed E-state index contributed by atoms with van der Waals surface area (Å²) in [6, 6.07) is 10.9. The highest BCUT2D eigenvalue weighted by Crippen LogP contribution is 2.37. The number of hydrogen-bond acceptors (Lipinski definition) is 5. The number of fused-ring (bicyclic) bond motifs is 1. The Morgan fingerprint density at radius 3 is 2.88 bits per heavy atom. The van der Waals surface area contributed by atoms with Crippen LogP contribution in [-0.4, -0.2) is 17.7 Å². The van der Waals surface area contributed by atoms with Crippen LogP contribution in [0, 0.1) is 0 Å². The van der Waals surface area contributed by atoms with E-state index in [0.29, 0.717) is 27.1 Å². The monoisotopic (exact) mass is 436 g/mol. The Balaban J connectivity index is 1.55. The van der Waals surface area contributed by atoms with Crippen LogP contribution >= 0.6 is 38.9 Å². The summed E-state index contributed by atoms with van der Waals surface area (Å²) in [6.45, 7) is 0.220. The van der Waals surface area contributed by atoms with Gasteiger partial charge < -0.3 is 14.8 Å². The number of benzene rings is 2. The van der Waals surface area contributed by atoms with E-state index in [0.717, 1.165) is 15.0 Å². The maximum Gasteiger partial charge on any atom is 0.267 e. The third-order valence-electron chi connectivity index (χ3n) is 3.53. The van der Waals surface area contributed by atoms with Gasteiger partial charge in [0.15, 0.2) is 11.5 Å². The fourth-order valence-electron chi connectivity index (χ4n) is 2.32. The molecule has 0 radical (unpaired) electrons. The number of hydrogen-bond donors (Lipinski definition) is 1. The lowest BCUT2D eigenvalue weighted by atomic mass is 10.2. The highest BCUT2D eigenvalue weighted by molar-refractivity contribution is 9.10. The molecule has 0 bridgehead atoms. The first-order chi connectivity index (χ1) is 12.1. The summed E-state index contributed by atoms with van der Waals surface area (Å²) in [7, 11) is 0. The highest BCUT2D eigenvalue weighted by Gasteiger charge is 2.17. The Morgan fingerprint density at radius 2 is 2.04 bits per heavy atom. The van der Waals surface area contributed by atoms with Crippen molar-refractivity contribution in [3.05, 3.63) is 57.0 Å². The Labute approximate surface area is 160 Å². The molecule has 0 saturated heterocycles. The van der Waals surface area contributed by atoms with E-state index in [1.807, 2.05) is 24.3 Å². The van der Waals surface area contributed by atoms with Crippen LogP contribution in [0.2, 0.25) is 5.02 Å². The average molecular weight is 438 g/mol. The Hall–Kier alpha value is -2.09. The second-order valence-corrected chi connectivity index (χ2v) is 7.53. The summed E-state index contributed by atoms with van der Waals surface area (Å²) in [5, 5.41) is 3.98. The molecule has 1 aliphatic heterocycles. The molecule has 0 aliphatic carbocycles. The van der Waals surface area contributed by atoms with Crippen molar-refractivity contribution in [1.29, 1.82) is 0 Å². The molecule has 1 amide bonds. The van der Waals surface area contributed by atoms with Gasteiger partial charge in [0.1, 0.15) is 9.88 Å². The SMILES string of the molecule is O=C(Nc1ccc(Br)cc1Cl)c1cnc(-c2ccc3c(c2)OCO3)s1. The molecule has 1 aromatic heterocycles. The van der Waals surface area contributed by atoms with Gasteiger partial charge in [0, 0.05) is 10.0 Å². The lowest BCUT2D eigenvalue weighted by molar-refractivity contribution is 0.103. The quantitative estimate of drug-likeness (QED) is 0.611. The van der Waals surface area contributed by atoms with Crippen LogP contribution in [-0.2, 0) is 0 Å². The van der Waals surface area contributed by atoms with Gasteiger partial charge in [-0.2, -0.15) is 0 Å². The number of carbonyl (C=O) groups is 1. The number of nitrogens with zero attached hydrogens (tertiary/aromatic N) is 1. The zero-order chi connectivity index (χ0) is 17.4. The van der Waals surface area contributed by atoms with E-state index in [1.165, 1.54) is 11.3 Å². The predicted molar refractivity (Wildman–Crippen MR) is 101 cm³/mol. The van der Waals surface area contributed by atoms with E-state index < -0.39 is 0 Å². The van der Waals surface area contributed by atoms with Crippen LogP contribution in [0.1, 0.15) is 9.67 Å². The molecule has 2 aromatic carbocycles. The minimum atomic E-state index is -0.256. The average Bonchev–Trinajstić information content (AvgIpc) is 3.25. The van der Waals surface area contributed by atoms with Gasteiger partial charge >= 0.3 is 0 Å². The van der Waals surface area contributed by atoms with Crippen LogP contribution < -0.4 is 14.8 Å². The first-order valence-corrected chi connectivity index (χ1v) is 9.21. The molecule has 1 N–H and O–H groups in total. The van der Waals surface area contributed by atoms with E-state index in [-0.39, 0.29) is 12.7 Å². The van der Waals surface area contributed by atoms with Crippen molar-refractivity contribution in [1.82, 2.24) is 4.98 Å². The van der Waals surface area contributed by atoms with Gasteiger partial charge in [0.2, 0.25) is 6.79 Å². The standard InChI is InChI=1S/C17H10BrClN2O3S/c18-10-2-3-12(11(19)6-10)21-16(22)15-7-20-17(25-15)9-1-4-13-14(5-9)24-8-23-13/h1-7H,8H2,(H,21,22). The minimum absolute atomic E-state index is 0.220. The Morgan fingerprint density at radius 1 is 1.20 bits per heavy atom. The summed E-state index contributed by atoms with van der Waals surface area (Å²) in [4.78, 5) is 17.3. The zero-order valence-electron chi connectivity index (χ0n) is 12.6. The summed E-state index contributed by atoms with van der Waals surface area (Å²) < 4.78 is 11.5. The molecule has 4 rings (SSSR count). The second-order valence-electron chi connectivity index (χ2n) is 5.18. The van der Waals surface area contributed by atoms with E-state index in [9.17, 15) is 4.79 Å². The molecule has 3 aromatic rings. The van der Waals surface area contributed by atoms with Crippen molar-refractivity contribution >= 4 is 50.5 Å². The number of nitrogens with one attached hydrogen (secondary N) is 1. The predicted octanol–water partition coefficient (Wildman–Crippen LogP) is 5.21. The molecule has 126 valence electrons. The van der Waals surface area contributed by atoms with Crippen molar-refractivity contribution in [2.45, 2.75) is 0 Å². The van der Waals surface area contributed by atoms with E-state index in [4.69, 9.17) is 21.1 Å². The van der Waals surface area contributed by atoms with Crippen LogP contribution in [0.5, 0.6) is 11.5 Å². The summed E-state index contributed by atoms with van der Waals surface area (Å²) in [6.07, 6.45) is 1.55. The fourth-order valence-corrected chi connectivity index (χ4v) is 3.85. The Kier molecular flexibility index (Phi) is 4.37. The van der Waals surface area contributed by atoms with Crippen molar-refractivity contribution in [2.75, 3.05) is 12.1 Å². The van der Waals surface area contributed by atoms with Crippen LogP contribution in [0.3, 0.4) is 0 Å². The van der Waals surface area contributed by atoms with Gasteiger partial charge in [-0.05, 0) is 36.4 Å². The summed E-state index contributed by atoms with van der Waals surface area (Å²) in [5.74, 6) is 1.14. The zero-order valence-corrected chi connectivity index (χ0v) is 15.7. The first-order valence-electron chi connectivity index (χ1n) is 7.22. The largest absolute Gasteiger partial charge is 0.454 e. The molecule has 0 fully saturated rings. The molecule has 0 spiro atoms. The van der Waals surface area contributed by atoms with Gasteiger partial charge in [0.25, 0.3) is 5.91 Å². The summed E-state index contributed by atoms with van der Waals surface area (Å²) >= 11 is 10.8. The molecular weight excluding hydrogens is 428 g/mol. The fraction of sp³-hybridized carbons (Fsp3) is 0.0588. The van der Waals surface area contributed by atoms with Crippen LogP contribution in [0.4, 0.5) is 5.69 Å². The van der Waals surface area contributed by atoms with Crippen molar-refractivity contribution < 1.29 is 14.3 Å². The normalized spacial score (nSPS) is 12.2. The minimum Gasteiger partial charge on any atom is -0.454 e. The van der Waals surface area contributed by atoms with Crippen LogP contribution in [0.15, 0.2) is 47.1 Å². The van der Waals surface area contributed by atoms with Crippen molar-refractivity contribution in [3.63, 3.8) is 0 Å². The number of anilines is 1. The maximum atomic E-state index is 12.4. The van der Waals surface area contributed by atoms with Gasteiger partial charge in [-0.1, -0.05) is 27.5 Å². The second kappa shape index (κ2) is 6.67. The van der Waals surface area contributed by atoms with Gasteiger partial charge in [0.05, 0.1) is 16.9 Å². The van der Waals surface area contributed by atoms with Gasteiger partial charge in [-0.25, -0.2) is 4.98 Å². The van der Waals surface area contributed by atoms with Gasteiger partial charge in [-0.3, -0.25) is 4.79 Å². The number of thiazole rings is 1. The molecule has 0 unspecified atom stereocenters. The highest BCUT2D eigenvalue weighted by atomic mass is 79.9. The third-order valence-corrected chi connectivity index (χ3v) is 5.38. The van der Waals surface area contributed by atoms with Crippen molar-refractivity contribution in [2.24, 2.45) is 0 Å². The molecule has 5 nitrogen and oxygen atoms in total. The summed E-state index contributed by atoms with van der Waals surface area (Å²) in [5.41, 5.74) is 1.42. The molecule has 8 heteroatoms. The van der Waals surface area contributed by atoms with E-state index >= 15 is 0 Å². The maximum absolute atomic E-state index is 12.4. The number of halogens is 2. The smallest absolute Gasteiger partial charge is 0.267 e. The number of carbonyl (C=O) groups excluding carboxylic acids is 1. The lowest BCUT2D eigenvalue weighted by Crippen LogP contribution is -2.10. The topological polar surface area (TPSA) is 60.5 Å². The number of ether oxygens (including phenoxy) is 2. The molecular formula is C17H10BrClN2O3S. The van der Waals surface area contributed by atoms with E-state index in [1.54, 1.807) is 18.3 Å². The third kappa shape index (κ3) is 3.35. The molecule has 1 aliphatic rings. The van der Waals surface area contributed by atoms with Crippen molar-refractivity contribution in [3.8, 4) is 22.1 Å². The lowest BCUT2D eigenvalue weighted by Gasteiger charge is -2.05. The molecule has 0 atom stereocenters. The van der Waals surface area contributed by atoms with Gasteiger partial charge in [-0.15, -0.1) is 11.3 Å². The van der Waals surface area contributed by atoms with Crippen LogP contribution in [0.25, 0.3) is 10.6 Å². The molecule has 25 heavy (non-hydrogen) atoms. The number of rotatable bonds is 3.